The van der Waals surface area contributed by atoms with Crippen molar-refractivity contribution < 1.29 is 13.2 Å². The number of benzene rings is 3. The second-order valence-electron chi connectivity index (χ2n) is 7.50. The normalized spacial score (nSPS) is 11.4. The van der Waals surface area contributed by atoms with Gasteiger partial charge in [0, 0.05) is 18.7 Å². The minimum Gasteiger partial charge on any atom is -0.350 e. The van der Waals surface area contributed by atoms with Crippen LogP contribution in [0.2, 0.25) is 0 Å². The molecule has 0 radical (unpaired) electrons. The summed E-state index contributed by atoms with van der Waals surface area (Å²) in [5, 5.41) is 2.88. The molecule has 0 atom stereocenters. The average molecular weight is 449 g/mol. The van der Waals surface area contributed by atoms with E-state index in [1.54, 1.807) is 12.1 Å². The van der Waals surface area contributed by atoms with Gasteiger partial charge in [0.25, 0.3) is 15.9 Å². The zero-order valence-corrected chi connectivity index (χ0v) is 18.7. The molecular weight excluding hydrogens is 424 g/mol. The number of hydrogen-bond donors (Lipinski definition) is 2. The van der Waals surface area contributed by atoms with Crippen molar-refractivity contribution in [2.24, 2.45) is 0 Å². The number of anilines is 1. The number of imidazole rings is 1. The fourth-order valence-electron chi connectivity index (χ4n) is 3.54. The Morgan fingerprint density at radius 3 is 2.38 bits per heavy atom. The van der Waals surface area contributed by atoms with Crippen molar-refractivity contribution in [3.63, 3.8) is 0 Å². The van der Waals surface area contributed by atoms with E-state index in [2.05, 4.69) is 19.6 Å². The van der Waals surface area contributed by atoms with Gasteiger partial charge in [-0.15, -0.1) is 0 Å². The first kappa shape index (κ1) is 21.6. The van der Waals surface area contributed by atoms with Crippen molar-refractivity contribution in [2.45, 2.75) is 25.3 Å². The highest BCUT2D eigenvalue weighted by Gasteiger charge is 2.16. The number of hydrogen-bond acceptors (Lipinski definition) is 4. The molecular formula is C24H24N4O3S. The molecule has 164 valence electrons. The lowest BCUT2D eigenvalue weighted by Crippen LogP contribution is -2.27. The van der Waals surface area contributed by atoms with Crippen LogP contribution in [0.3, 0.4) is 0 Å². The number of carbonyl (C=O) groups excluding carboxylic acids is 1. The van der Waals surface area contributed by atoms with E-state index in [0.717, 1.165) is 22.4 Å². The van der Waals surface area contributed by atoms with Gasteiger partial charge in [0.15, 0.2) is 0 Å². The van der Waals surface area contributed by atoms with Crippen molar-refractivity contribution in [2.75, 3.05) is 11.3 Å². The summed E-state index contributed by atoms with van der Waals surface area (Å²) in [7, 11) is -3.74. The molecule has 3 aromatic carbocycles. The number of sulfonamides is 1. The third-order valence-corrected chi connectivity index (χ3v) is 6.66. The fraction of sp³-hybridized carbons (Fsp3) is 0.167. The zero-order valence-electron chi connectivity index (χ0n) is 17.9. The second kappa shape index (κ2) is 8.84. The quantitative estimate of drug-likeness (QED) is 0.449. The predicted octanol–water partition coefficient (Wildman–Crippen LogP) is 3.88. The number of carbonyl (C=O) groups is 1. The smallest absolute Gasteiger partial charge is 0.261 e. The van der Waals surface area contributed by atoms with Crippen molar-refractivity contribution in [3.05, 3.63) is 89.7 Å². The molecule has 0 bridgehead atoms. The molecule has 0 saturated carbocycles. The van der Waals surface area contributed by atoms with Crippen molar-refractivity contribution in [1.29, 1.82) is 0 Å². The first-order valence-corrected chi connectivity index (χ1v) is 11.7. The molecule has 0 aliphatic rings. The molecule has 8 heteroatoms. The van der Waals surface area contributed by atoms with Gasteiger partial charge in [0.05, 0.1) is 21.6 Å². The zero-order chi connectivity index (χ0) is 22.7. The fourth-order valence-corrected chi connectivity index (χ4v) is 4.67. The van der Waals surface area contributed by atoms with Crippen LogP contribution in [0.25, 0.3) is 11.0 Å². The Balaban J connectivity index is 1.40. The minimum atomic E-state index is -3.74. The van der Waals surface area contributed by atoms with Crippen LogP contribution in [-0.2, 0) is 16.6 Å². The predicted molar refractivity (Wildman–Crippen MR) is 125 cm³/mol. The van der Waals surface area contributed by atoms with E-state index in [0.29, 0.717) is 24.3 Å². The average Bonchev–Trinajstić information content (AvgIpc) is 3.10. The van der Waals surface area contributed by atoms with E-state index in [9.17, 15) is 13.2 Å². The summed E-state index contributed by atoms with van der Waals surface area (Å²) < 4.78 is 30.0. The van der Waals surface area contributed by atoms with Gasteiger partial charge in [-0.3, -0.25) is 9.52 Å². The van der Waals surface area contributed by atoms with Crippen molar-refractivity contribution >= 4 is 32.7 Å². The number of rotatable bonds is 7. The van der Waals surface area contributed by atoms with Gasteiger partial charge >= 0.3 is 0 Å². The van der Waals surface area contributed by atoms with Crippen LogP contribution in [0.4, 0.5) is 5.69 Å². The SMILES string of the molecule is Cc1ccccc1NS(=O)(=O)c1ccc(C(=O)NCCn2c(C)nc3ccccc32)cc1. The van der Waals surface area contributed by atoms with Gasteiger partial charge < -0.3 is 9.88 Å². The molecule has 0 aliphatic carbocycles. The number of aryl methyl sites for hydroxylation is 2. The lowest BCUT2D eigenvalue weighted by molar-refractivity contribution is 0.0952. The number of amides is 1. The standard InChI is InChI=1S/C24H24N4O3S/c1-17-7-3-4-8-21(17)27-32(30,31)20-13-11-19(12-14-20)24(29)25-15-16-28-18(2)26-22-9-5-6-10-23(22)28/h3-14,27H,15-16H2,1-2H3,(H,25,29). The topological polar surface area (TPSA) is 93.1 Å². The molecule has 2 N–H and O–H groups in total. The third-order valence-electron chi connectivity index (χ3n) is 5.28. The van der Waals surface area contributed by atoms with Crippen LogP contribution in [-0.4, -0.2) is 30.4 Å². The molecule has 32 heavy (non-hydrogen) atoms. The van der Waals surface area contributed by atoms with Crippen molar-refractivity contribution in [3.8, 4) is 0 Å². The van der Waals surface area contributed by atoms with Crippen LogP contribution in [0.1, 0.15) is 21.7 Å². The molecule has 4 rings (SSSR count). The highest BCUT2D eigenvalue weighted by atomic mass is 32.2. The molecule has 1 heterocycles. The minimum absolute atomic E-state index is 0.0952. The van der Waals surface area contributed by atoms with Crippen LogP contribution >= 0.6 is 0 Å². The Bertz CT molecular complexity index is 1380. The number of aromatic nitrogens is 2. The summed E-state index contributed by atoms with van der Waals surface area (Å²) >= 11 is 0. The summed E-state index contributed by atoms with van der Waals surface area (Å²) in [5.41, 5.74) is 3.69. The summed E-state index contributed by atoms with van der Waals surface area (Å²) in [6.07, 6.45) is 0. The molecule has 0 spiro atoms. The number of nitrogens with zero attached hydrogens (tertiary/aromatic N) is 2. The molecule has 4 aromatic rings. The third kappa shape index (κ3) is 4.50. The van der Waals surface area contributed by atoms with Gasteiger partial charge in [-0.2, -0.15) is 0 Å². The first-order valence-electron chi connectivity index (χ1n) is 10.2. The Kier molecular flexibility index (Phi) is 5.96. The van der Waals surface area contributed by atoms with E-state index in [1.807, 2.05) is 50.2 Å². The Hall–Kier alpha value is -3.65. The number of para-hydroxylation sites is 3. The number of fused-ring (bicyclic) bond motifs is 1. The first-order chi connectivity index (χ1) is 15.3. The van der Waals surface area contributed by atoms with Gasteiger partial charge in [0.1, 0.15) is 5.82 Å². The summed E-state index contributed by atoms with van der Waals surface area (Å²) in [4.78, 5) is 17.1. The summed E-state index contributed by atoms with van der Waals surface area (Å²) in [5.74, 6) is 0.624. The Labute approximate surface area is 187 Å². The maximum absolute atomic E-state index is 12.7. The molecule has 7 nitrogen and oxygen atoms in total. The Morgan fingerprint density at radius 2 is 1.62 bits per heavy atom. The number of nitrogens with one attached hydrogen (secondary N) is 2. The van der Waals surface area contributed by atoms with Crippen molar-refractivity contribution in [1.82, 2.24) is 14.9 Å². The van der Waals surface area contributed by atoms with Crippen LogP contribution in [0.15, 0.2) is 77.7 Å². The lowest BCUT2D eigenvalue weighted by atomic mass is 10.2. The van der Waals surface area contributed by atoms with Crippen LogP contribution < -0.4 is 10.0 Å². The van der Waals surface area contributed by atoms with E-state index >= 15 is 0 Å². The van der Waals surface area contributed by atoms with Gasteiger partial charge in [-0.05, 0) is 61.9 Å². The van der Waals surface area contributed by atoms with Crippen LogP contribution in [0.5, 0.6) is 0 Å². The monoisotopic (exact) mass is 448 g/mol. The summed E-state index contributed by atoms with van der Waals surface area (Å²) in [6.45, 7) is 4.78. The largest absolute Gasteiger partial charge is 0.350 e. The van der Waals surface area contributed by atoms with E-state index in [1.165, 1.54) is 24.3 Å². The lowest BCUT2D eigenvalue weighted by Gasteiger charge is -2.11. The van der Waals surface area contributed by atoms with Gasteiger partial charge in [-0.1, -0.05) is 30.3 Å². The molecule has 0 saturated heterocycles. The molecule has 1 amide bonds. The molecule has 0 unspecified atom stereocenters. The van der Waals surface area contributed by atoms with E-state index in [4.69, 9.17) is 0 Å². The van der Waals surface area contributed by atoms with Crippen LogP contribution in [0, 0.1) is 13.8 Å². The van der Waals surface area contributed by atoms with E-state index in [-0.39, 0.29) is 10.8 Å². The molecule has 0 fully saturated rings. The maximum atomic E-state index is 12.7. The van der Waals surface area contributed by atoms with E-state index < -0.39 is 10.0 Å². The highest BCUT2D eigenvalue weighted by Crippen LogP contribution is 2.20. The van der Waals surface area contributed by atoms with Gasteiger partial charge in [-0.25, -0.2) is 13.4 Å². The second-order valence-corrected chi connectivity index (χ2v) is 9.18. The summed E-state index contributed by atoms with van der Waals surface area (Å²) in [6, 6.07) is 20.9. The molecule has 1 aromatic heterocycles. The van der Waals surface area contributed by atoms with Gasteiger partial charge in [0.2, 0.25) is 0 Å². The Morgan fingerprint density at radius 1 is 0.938 bits per heavy atom. The molecule has 0 aliphatic heterocycles. The maximum Gasteiger partial charge on any atom is 0.261 e. The highest BCUT2D eigenvalue weighted by molar-refractivity contribution is 7.92.